The first-order valence-corrected chi connectivity index (χ1v) is 7.53. The lowest BCUT2D eigenvalue weighted by Gasteiger charge is -2.09. The van der Waals surface area contributed by atoms with E-state index in [9.17, 15) is 13.2 Å². The lowest BCUT2D eigenvalue weighted by molar-refractivity contribution is 0.0697. The highest BCUT2D eigenvalue weighted by Gasteiger charge is 2.24. The summed E-state index contributed by atoms with van der Waals surface area (Å²) in [5.74, 6) is -1.32. The van der Waals surface area contributed by atoms with E-state index in [4.69, 9.17) is 28.3 Å². The summed E-state index contributed by atoms with van der Waals surface area (Å²) in [6.07, 6.45) is 1.04. The average molecular weight is 352 g/mol. The number of aromatic nitrogens is 2. The Morgan fingerprint density at radius 1 is 1.38 bits per heavy atom. The molecule has 0 bridgehead atoms. The van der Waals surface area contributed by atoms with Crippen molar-refractivity contribution in [2.45, 2.75) is 11.4 Å². The smallest absolute Gasteiger partial charge is 0.338 e. The zero-order valence-electron chi connectivity index (χ0n) is 10.1. The second-order valence-corrected chi connectivity index (χ2v) is 6.23. The van der Waals surface area contributed by atoms with Crippen molar-refractivity contribution < 1.29 is 22.8 Å². The van der Waals surface area contributed by atoms with Crippen molar-refractivity contribution >= 4 is 39.2 Å². The average Bonchev–Trinajstić information content (AvgIpc) is 2.88. The van der Waals surface area contributed by atoms with Crippen LogP contribution >= 0.6 is 23.2 Å². The van der Waals surface area contributed by atoms with Crippen LogP contribution in [0.5, 0.6) is 0 Å². The van der Waals surface area contributed by atoms with Crippen LogP contribution in [0, 0.1) is 0 Å². The highest BCUT2D eigenvalue weighted by atomic mass is 35.5. The Morgan fingerprint density at radius 2 is 2.10 bits per heavy atom. The lowest BCUT2D eigenvalue weighted by Crippen LogP contribution is -2.24. The fourth-order valence-corrected chi connectivity index (χ4v) is 3.34. The molecule has 1 aromatic carbocycles. The molecule has 0 spiro atoms. The van der Waals surface area contributed by atoms with Gasteiger partial charge in [-0.1, -0.05) is 28.4 Å². The Bertz CT molecular complexity index is 776. The number of rotatable bonds is 5. The number of halogens is 2. The Labute approximate surface area is 128 Å². The molecule has 0 aliphatic heterocycles. The van der Waals surface area contributed by atoms with E-state index in [0.717, 1.165) is 18.5 Å². The molecule has 0 saturated heterocycles. The standard InChI is InChI=1S/C10H7Cl2N3O5S/c11-5-1-2-6(9(12)8(5)10(16)17)21(18,19)14-3-7-13-4-20-15-7/h1-2,4,14H,3H2,(H,16,17). The number of carboxylic acid groups (broad SMARTS) is 1. The Hall–Kier alpha value is -1.68. The molecule has 0 atom stereocenters. The van der Waals surface area contributed by atoms with Gasteiger partial charge in [-0.25, -0.2) is 17.9 Å². The number of hydrogen-bond acceptors (Lipinski definition) is 6. The molecular formula is C10H7Cl2N3O5S. The maximum absolute atomic E-state index is 12.1. The third-order valence-electron chi connectivity index (χ3n) is 2.39. The van der Waals surface area contributed by atoms with E-state index in [1.54, 1.807) is 0 Å². The topological polar surface area (TPSA) is 122 Å². The van der Waals surface area contributed by atoms with Crippen LogP contribution < -0.4 is 4.72 Å². The summed E-state index contributed by atoms with van der Waals surface area (Å²) in [5.41, 5.74) is -0.485. The summed E-state index contributed by atoms with van der Waals surface area (Å²) >= 11 is 11.5. The van der Waals surface area contributed by atoms with Crippen molar-refractivity contribution in [1.29, 1.82) is 0 Å². The molecule has 0 aliphatic carbocycles. The van der Waals surface area contributed by atoms with Gasteiger partial charge in [0.25, 0.3) is 0 Å². The number of benzene rings is 1. The maximum atomic E-state index is 12.1. The van der Waals surface area contributed by atoms with Crippen molar-refractivity contribution in [3.8, 4) is 0 Å². The number of sulfonamides is 1. The van der Waals surface area contributed by atoms with Crippen LogP contribution in [0.25, 0.3) is 0 Å². The molecule has 0 fully saturated rings. The minimum Gasteiger partial charge on any atom is -0.478 e. The molecule has 11 heteroatoms. The molecule has 0 amide bonds. The predicted octanol–water partition coefficient (Wildman–Crippen LogP) is 1.55. The Morgan fingerprint density at radius 3 is 2.67 bits per heavy atom. The van der Waals surface area contributed by atoms with Crippen LogP contribution in [0.2, 0.25) is 10.0 Å². The minimum absolute atomic E-state index is 0.113. The highest BCUT2D eigenvalue weighted by Crippen LogP contribution is 2.31. The summed E-state index contributed by atoms with van der Waals surface area (Å²) in [7, 11) is -4.07. The van der Waals surface area contributed by atoms with Crippen LogP contribution in [0.15, 0.2) is 27.9 Å². The van der Waals surface area contributed by atoms with Crippen molar-refractivity contribution in [2.24, 2.45) is 0 Å². The van der Waals surface area contributed by atoms with Crippen LogP contribution in [-0.2, 0) is 16.6 Å². The van der Waals surface area contributed by atoms with E-state index in [-0.39, 0.29) is 17.4 Å². The van der Waals surface area contributed by atoms with Gasteiger partial charge in [0.1, 0.15) is 4.90 Å². The molecule has 0 aliphatic rings. The first-order valence-electron chi connectivity index (χ1n) is 5.29. The molecule has 2 rings (SSSR count). The lowest BCUT2D eigenvalue weighted by atomic mass is 10.2. The van der Waals surface area contributed by atoms with Gasteiger partial charge in [-0.15, -0.1) is 0 Å². The van der Waals surface area contributed by atoms with Gasteiger partial charge >= 0.3 is 5.97 Å². The van der Waals surface area contributed by atoms with E-state index >= 15 is 0 Å². The van der Waals surface area contributed by atoms with Crippen molar-refractivity contribution in [3.63, 3.8) is 0 Å². The largest absolute Gasteiger partial charge is 0.478 e. The normalized spacial score (nSPS) is 11.5. The summed E-state index contributed by atoms with van der Waals surface area (Å²) in [6.45, 7) is -0.236. The third-order valence-corrected chi connectivity index (χ3v) is 4.65. The number of nitrogens with one attached hydrogen (secondary N) is 1. The van der Waals surface area contributed by atoms with E-state index < -0.39 is 31.5 Å². The summed E-state index contributed by atoms with van der Waals surface area (Å²) in [6, 6.07) is 2.25. The highest BCUT2D eigenvalue weighted by molar-refractivity contribution is 7.89. The molecule has 1 aromatic heterocycles. The molecule has 112 valence electrons. The van der Waals surface area contributed by atoms with Gasteiger partial charge in [-0.2, -0.15) is 4.98 Å². The fraction of sp³-hybridized carbons (Fsp3) is 0.100. The van der Waals surface area contributed by atoms with Crippen LogP contribution in [0.4, 0.5) is 0 Å². The van der Waals surface area contributed by atoms with Crippen molar-refractivity contribution in [3.05, 3.63) is 40.0 Å². The van der Waals surface area contributed by atoms with Gasteiger partial charge in [0.05, 0.1) is 22.2 Å². The SMILES string of the molecule is O=C(O)c1c(Cl)ccc(S(=O)(=O)NCc2ncon2)c1Cl. The first-order chi connectivity index (χ1) is 9.83. The minimum atomic E-state index is -4.07. The molecule has 0 radical (unpaired) electrons. The molecule has 0 unspecified atom stereocenters. The molecule has 1 heterocycles. The summed E-state index contributed by atoms with van der Waals surface area (Å²) in [5, 5.41) is 11.8. The monoisotopic (exact) mass is 351 g/mol. The molecule has 21 heavy (non-hydrogen) atoms. The molecule has 2 aromatic rings. The van der Waals surface area contributed by atoms with Gasteiger partial charge in [0, 0.05) is 0 Å². The number of hydrogen-bond donors (Lipinski definition) is 2. The van der Waals surface area contributed by atoms with E-state index in [2.05, 4.69) is 19.4 Å². The summed E-state index contributed by atoms with van der Waals surface area (Å²) < 4.78 is 30.9. The maximum Gasteiger partial charge on any atom is 0.338 e. The number of carboxylic acids is 1. The van der Waals surface area contributed by atoms with Crippen LogP contribution in [0.1, 0.15) is 16.2 Å². The van der Waals surface area contributed by atoms with Crippen LogP contribution in [0.3, 0.4) is 0 Å². The van der Waals surface area contributed by atoms with Gasteiger partial charge in [0.15, 0.2) is 5.82 Å². The van der Waals surface area contributed by atoms with Gasteiger partial charge < -0.3 is 9.63 Å². The van der Waals surface area contributed by atoms with Crippen molar-refractivity contribution in [1.82, 2.24) is 14.9 Å². The van der Waals surface area contributed by atoms with Gasteiger partial charge in [-0.05, 0) is 12.1 Å². The third kappa shape index (κ3) is 3.32. The molecule has 0 saturated carbocycles. The quantitative estimate of drug-likeness (QED) is 0.837. The van der Waals surface area contributed by atoms with E-state index in [1.807, 2.05) is 0 Å². The van der Waals surface area contributed by atoms with Crippen LogP contribution in [-0.4, -0.2) is 29.6 Å². The second-order valence-electron chi connectivity index (χ2n) is 3.71. The number of nitrogens with zero attached hydrogens (tertiary/aromatic N) is 2. The van der Waals surface area contributed by atoms with Crippen molar-refractivity contribution in [2.75, 3.05) is 0 Å². The predicted molar refractivity (Wildman–Crippen MR) is 71.7 cm³/mol. The molecule has 2 N–H and O–H groups in total. The zero-order chi connectivity index (χ0) is 15.6. The molecular weight excluding hydrogens is 345 g/mol. The fourth-order valence-electron chi connectivity index (χ4n) is 1.44. The van der Waals surface area contributed by atoms with E-state index in [1.165, 1.54) is 0 Å². The van der Waals surface area contributed by atoms with E-state index in [0.29, 0.717) is 0 Å². The number of carbonyl (C=O) groups is 1. The first kappa shape index (κ1) is 15.7. The second kappa shape index (κ2) is 5.98. The van der Waals surface area contributed by atoms with Gasteiger partial charge in [0.2, 0.25) is 16.4 Å². The molecule has 8 nitrogen and oxygen atoms in total. The zero-order valence-corrected chi connectivity index (χ0v) is 12.4. The van der Waals surface area contributed by atoms with Gasteiger partial charge in [-0.3, -0.25) is 0 Å². The number of aromatic carboxylic acids is 1. The summed E-state index contributed by atoms with van der Waals surface area (Å²) in [4.78, 5) is 14.3. The Kier molecular flexibility index (Phi) is 4.47. The Balaban J connectivity index is 2.36.